The fourth-order valence-corrected chi connectivity index (χ4v) is 1.76. The summed E-state index contributed by atoms with van der Waals surface area (Å²) in [5, 5.41) is 0. The van der Waals surface area contributed by atoms with E-state index in [4.69, 9.17) is 0 Å². The van der Waals surface area contributed by atoms with Gasteiger partial charge in [-0.05, 0) is 37.8 Å². The second-order valence-electron chi connectivity index (χ2n) is 4.15. The van der Waals surface area contributed by atoms with Gasteiger partial charge in [-0.2, -0.15) is 0 Å². The average Bonchev–Trinajstić information content (AvgIpc) is 2.81. The van der Waals surface area contributed by atoms with Gasteiger partial charge in [-0.25, -0.2) is 0 Å². The van der Waals surface area contributed by atoms with Crippen LogP contribution < -0.4 is 0 Å². The third-order valence-corrected chi connectivity index (χ3v) is 2.86. The van der Waals surface area contributed by atoms with E-state index in [9.17, 15) is 4.79 Å². The van der Waals surface area contributed by atoms with Crippen molar-refractivity contribution < 1.29 is 4.79 Å². The third-order valence-electron chi connectivity index (χ3n) is 2.86. The largest absolute Gasteiger partial charge is 0.302 e. The quantitative estimate of drug-likeness (QED) is 0.512. The Balaban J connectivity index is 0.00000154. The molecule has 0 spiro atoms. The molecule has 1 heterocycles. The highest BCUT2D eigenvalue weighted by atomic mass is 16.2. The van der Waals surface area contributed by atoms with E-state index >= 15 is 0 Å². The van der Waals surface area contributed by atoms with E-state index in [1.54, 1.807) is 17.1 Å². The van der Waals surface area contributed by atoms with Crippen molar-refractivity contribution in [2.24, 2.45) is 0 Å². The molecule has 2 heteroatoms. The summed E-state index contributed by atoms with van der Waals surface area (Å²) in [5.74, 6) is 0.0401. The summed E-state index contributed by atoms with van der Waals surface area (Å²) >= 11 is 0. The van der Waals surface area contributed by atoms with Crippen molar-refractivity contribution in [1.29, 1.82) is 0 Å². The number of unbranched alkanes of at least 4 members (excludes halogenated alkanes) is 2. The monoisotopic (exact) mass is 259 g/mol. The zero-order valence-electron chi connectivity index (χ0n) is 12.5. The highest BCUT2D eigenvalue weighted by Gasteiger charge is 2.18. The van der Waals surface area contributed by atoms with Crippen LogP contribution in [0, 0.1) is 0 Å². The molecule has 0 fully saturated rings. The van der Waals surface area contributed by atoms with Crippen LogP contribution >= 0.6 is 0 Å². The number of allylic oxidation sites excluding steroid dienone is 2. The number of hydrogen-bond donors (Lipinski definition) is 0. The second kappa shape index (κ2) is 10.2. The molecular weight excluding hydrogens is 234 g/mol. The molecule has 0 radical (unpaired) electrons. The summed E-state index contributed by atoms with van der Waals surface area (Å²) in [7, 11) is 0. The lowest BCUT2D eigenvalue weighted by atomic mass is 10.1. The summed E-state index contributed by atoms with van der Waals surface area (Å²) in [6.45, 7) is 14.0. The lowest BCUT2D eigenvalue weighted by molar-refractivity contribution is -0.123. The Labute approximate surface area is 117 Å². The van der Waals surface area contributed by atoms with E-state index in [0.29, 0.717) is 0 Å². The van der Waals surface area contributed by atoms with Gasteiger partial charge in [0, 0.05) is 12.6 Å². The molecule has 1 aliphatic rings. The van der Waals surface area contributed by atoms with Gasteiger partial charge in [-0.3, -0.25) is 4.79 Å². The van der Waals surface area contributed by atoms with Crippen LogP contribution in [0.5, 0.6) is 0 Å². The van der Waals surface area contributed by atoms with Gasteiger partial charge in [0.1, 0.15) is 0 Å². The summed E-state index contributed by atoms with van der Waals surface area (Å²) in [5.41, 5.74) is 7.66. The second-order valence-corrected chi connectivity index (χ2v) is 4.15. The normalized spacial score (nSPS) is 12.7. The first kappa shape index (κ1) is 17.2. The summed E-state index contributed by atoms with van der Waals surface area (Å²) < 4.78 is 0. The van der Waals surface area contributed by atoms with Gasteiger partial charge in [0.05, 0.1) is 5.70 Å². The number of carbonyl (C=O) groups excluding carboxylic acids is 1. The highest BCUT2D eigenvalue weighted by molar-refractivity contribution is 5.93. The van der Waals surface area contributed by atoms with Gasteiger partial charge in [-0.15, -0.1) is 11.5 Å². The van der Waals surface area contributed by atoms with Crippen LogP contribution in [0.25, 0.3) is 0 Å². The Hall–Kier alpha value is -1.75. The predicted octanol–water partition coefficient (Wildman–Crippen LogP) is 4.37. The zero-order valence-corrected chi connectivity index (χ0v) is 12.5. The molecule has 0 aliphatic carbocycles. The van der Waals surface area contributed by atoms with Crippen LogP contribution in [0.3, 0.4) is 0 Å². The molecule has 1 aliphatic heterocycles. The van der Waals surface area contributed by atoms with Crippen molar-refractivity contribution >= 4 is 5.91 Å². The predicted molar refractivity (Wildman–Crippen MR) is 81.6 cm³/mol. The van der Waals surface area contributed by atoms with Crippen LogP contribution in [0.1, 0.15) is 46.5 Å². The molecule has 1 amide bonds. The smallest absolute Gasteiger partial charge is 0.251 e. The zero-order chi connectivity index (χ0) is 14.7. The number of carbonyl (C=O) groups is 1. The highest BCUT2D eigenvalue weighted by Crippen LogP contribution is 2.15. The Morgan fingerprint density at radius 1 is 1.21 bits per heavy atom. The first-order valence-electron chi connectivity index (χ1n) is 6.94. The van der Waals surface area contributed by atoms with E-state index in [1.165, 1.54) is 5.57 Å². The molecule has 2 nitrogen and oxygen atoms in total. The molecule has 0 bridgehead atoms. The van der Waals surface area contributed by atoms with Gasteiger partial charge >= 0.3 is 0 Å². The Morgan fingerprint density at radius 2 is 1.89 bits per heavy atom. The summed E-state index contributed by atoms with van der Waals surface area (Å²) in [6.07, 6.45) is 7.60. The van der Waals surface area contributed by atoms with Crippen LogP contribution in [0.2, 0.25) is 0 Å². The van der Waals surface area contributed by atoms with E-state index in [0.717, 1.165) is 37.9 Å². The van der Waals surface area contributed by atoms with E-state index < -0.39 is 0 Å². The minimum absolute atomic E-state index is 0.0401. The molecule has 0 aromatic heterocycles. The topological polar surface area (TPSA) is 20.3 Å². The van der Waals surface area contributed by atoms with Crippen LogP contribution in [-0.4, -0.2) is 17.4 Å². The fraction of sp³-hybridized carbons (Fsp3) is 0.471. The maximum absolute atomic E-state index is 11.5. The summed E-state index contributed by atoms with van der Waals surface area (Å²) in [6, 6.07) is 0. The number of nitrogens with zero attached hydrogens (tertiary/aromatic N) is 1. The van der Waals surface area contributed by atoms with Crippen molar-refractivity contribution in [3.8, 4) is 0 Å². The minimum Gasteiger partial charge on any atom is -0.302 e. The maximum Gasteiger partial charge on any atom is 0.251 e. The molecular formula is C17H25NO. The molecule has 104 valence electrons. The Kier molecular flexibility index (Phi) is 9.26. The Morgan fingerprint density at radius 3 is 2.47 bits per heavy atom. The van der Waals surface area contributed by atoms with Crippen LogP contribution in [-0.2, 0) is 4.79 Å². The van der Waals surface area contributed by atoms with Crippen molar-refractivity contribution in [3.63, 3.8) is 0 Å². The first-order valence-corrected chi connectivity index (χ1v) is 6.94. The van der Waals surface area contributed by atoms with E-state index in [-0.39, 0.29) is 5.91 Å². The number of hydrogen-bond acceptors (Lipinski definition) is 1. The lowest BCUT2D eigenvalue weighted by Gasteiger charge is -2.16. The van der Waals surface area contributed by atoms with Crippen molar-refractivity contribution in [2.45, 2.75) is 46.5 Å². The first-order chi connectivity index (χ1) is 9.19. The average molecular weight is 259 g/mol. The molecule has 0 saturated carbocycles. The summed E-state index contributed by atoms with van der Waals surface area (Å²) in [4.78, 5) is 13.2. The number of rotatable bonds is 6. The maximum atomic E-state index is 11.5. The third kappa shape index (κ3) is 6.10. The molecule has 1 rings (SSSR count). The molecule has 0 atom stereocenters. The molecule has 0 saturated heterocycles. The van der Waals surface area contributed by atoms with E-state index in [2.05, 4.69) is 24.6 Å². The molecule has 0 aromatic rings. The van der Waals surface area contributed by atoms with Crippen molar-refractivity contribution in [3.05, 3.63) is 48.0 Å². The standard InChI is InChI=1S/C15H19NO.C2H6/c1-4-13(3)9-7-6-8-12-16-14(5-2)10-11-15(16)17;1-2/h10-11H,1-2,6-9,12H2,3H3;1-2H3. The van der Waals surface area contributed by atoms with Crippen LogP contribution in [0.15, 0.2) is 48.0 Å². The molecule has 19 heavy (non-hydrogen) atoms. The van der Waals surface area contributed by atoms with Crippen molar-refractivity contribution in [1.82, 2.24) is 4.90 Å². The van der Waals surface area contributed by atoms with Gasteiger partial charge < -0.3 is 4.90 Å². The fourth-order valence-electron chi connectivity index (χ4n) is 1.76. The van der Waals surface area contributed by atoms with Gasteiger partial charge in [0.15, 0.2) is 0 Å². The van der Waals surface area contributed by atoms with Crippen LogP contribution in [0.4, 0.5) is 0 Å². The van der Waals surface area contributed by atoms with Gasteiger partial charge in [0.25, 0.3) is 5.91 Å². The molecule has 0 N–H and O–H groups in total. The minimum atomic E-state index is 0.0401. The van der Waals surface area contributed by atoms with Gasteiger partial charge in [0.2, 0.25) is 0 Å². The van der Waals surface area contributed by atoms with E-state index in [1.807, 2.05) is 20.8 Å². The molecule has 0 aromatic carbocycles. The SMILES string of the molecule is C=C=C(C)CCCCCN1C(=O)C=CC1=C=C.CC. The molecule has 0 unspecified atom stereocenters. The lowest BCUT2D eigenvalue weighted by Crippen LogP contribution is -2.24. The van der Waals surface area contributed by atoms with Gasteiger partial charge in [-0.1, -0.05) is 33.4 Å². The van der Waals surface area contributed by atoms with Crippen molar-refractivity contribution in [2.75, 3.05) is 6.54 Å². The number of amides is 1. The Bertz CT molecular complexity index is 419.